The Kier molecular flexibility index (Phi) is 6.20. The lowest BCUT2D eigenvalue weighted by atomic mass is 9.82. The molecule has 1 aromatic carbocycles. The molecule has 5 nitrogen and oxygen atoms in total. The van der Waals surface area contributed by atoms with Gasteiger partial charge in [0.25, 0.3) is 0 Å². The minimum atomic E-state index is -0.00804. The standard InChI is InChI=1S/C22H33N5S/c1-7-12-13(8-2)15(10-4)17-16(14(12)9-3)18(26-20(17)23)19-21(24)27-22(28-19)25-11(5)6/h11,22,25H,7-10H2,1-6H3,(H2,23,26)(H2,24,27). The summed E-state index contributed by atoms with van der Waals surface area (Å²) in [6, 6.07) is 0.334. The van der Waals surface area contributed by atoms with Gasteiger partial charge < -0.3 is 10.6 Å². The molecule has 1 atom stereocenters. The lowest BCUT2D eigenvalue weighted by Crippen LogP contribution is -2.40. The smallest absolute Gasteiger partial charge is 0.136 e. The molecule has 0 radical (unpaired) electrons. The van der Waals surface area contributed by atoms with E-state index in [2.05, 4.69) is 57.5 Å². The summed E-state index contributed by atoms with van der Waals surface area (Å²) < 4.78 is 0. The molecule has 0 aliphatic carbocycles. The molecule has 152 valence electrons. The van der Waals surface area contributed by atoms with Crippen molar-refractivity contribution in [2.45, 2.75) is 78.8 Å². The summed E-state index contributed by atoms with van der Waals surface area (Å²) in [5.74, 6) is 0.916. The highest BCUT2D eigenvalue weighted by Gasteiger charge is 2.36. The second-order valence-corrected chi connectivity index (χ2v) is 8.74. The minimum absolute atomic E-state index is 0.00804. The predicted octanol–water partition coefficient (Wildman–Crippen LogP) is 4.13. The number of hydrogen-bond acceptors (Lipinski definition) is 4. The Morgan fingerprint density at radius 1 is 0.857 bits per heavy atom. The van der Waals surface area contributed by atoms with Gasteiger partial charge in [-0.15, -0.1) is 0 Å². The van der Waals surface area contributed by atoms with Crippen molar-refractivity contribution in [2.24, 2.45) is 0 Å². The molecule has 0 spiro atoms. The number of thioether (sulfide) groups is 1. The second-order valence-electron chi connectivity index (χ2n) is 7.62. The monoisotopic (exact) mass is 399 g/mol. The number of benzene rings is 1. The van der Waals surface area contributed by atoms with E-state index in [1.54, 1.807) is 11.8 Å². The molecule has 0 amide bonds. The van der Waals surface area contributed by atoms with Gasteiger partial charge >= 0.3 is 0 Å². The van der Waals surface area contributed by atoms with E-state index in [0.717, 1.165) is 47.4 Å². The van der Waals surface area contributed by atoms with E-state index >= 15 is 0 Å². The molecule has 0 saturated carbocycles. The summed E-state index contributed by atoms with van der Waals surface area (Å²) in [6.45, 7) is 13.1. The third-order valence-corrected chi connectivity index (χ3v) is 6.69. The van der Waals surface area contributed by atoms with E-state index in [9.17, 15) is 0 Å². The number of rotatable bonds is 6. The normalized spacial score (nSPS) is 21.3. The van der Waals surface area contributed by atoms with E-state index in [1.165, 1.54) is 22.3 Å². The maximum absolute atomic E-state index is 8.71. The molecule has 6 heteroatoms. The van der Waals surface area contributed by atoms with Crippen LogP contribution in [0.1, 0.15) is 74.9 Å². The van der Waals surface area contributed by atoms with Gasteiger partial charge in [-0.1, -0.05) is 39.5 Å². The fraction of sp³-hybridized carbons (Fsp3) is 0.545. The van der Waals surface area contributed by atoms with Crippen LogP contribution in [0, 0.1) is 10.8 Å². The average molecular weight is 400 g/mol. The zero-order valence-corrected chi connectivity index (χ0v) is 18.7. The summed E-state index contributed by atoms with van der Waals surface area (Å²) in [5.41, 5.74) is 8.67. The van der Waals surface area contributed by atoms with Crippen molar-refractivity contribution in [3.05, 3.63) is 38.3 Å². The molecule has 3 rings (SSSR count). The van der Waals surface area contributed by atoms with Crippen LogP contribution < -0.4 is 16.0 Å². The van der Waals surface area contributed by atoms with Crippen LogP contribution in [0.2, 0.25) is 0 Å². The highest BCUT2D eigenvalue weighted by molar-refractivity contribution is 8.05. The molecule has 0 bridgehead atoms. The van der Waals surface area contributed by atoms with E-state index in [4.69, 9.17) is 10.8 Å². The summed E-state index contributed by atoms with van der Waals surface area (Å²) in [6.07, 6.45) is 3.87. The van der Waals surface area contributed by atoms with E-state index in [0.29, 0.717) is 17.7 Å². The Morgan fingerprint density at radius 3 is 1.89 bits per heavy atom. The van der Waals surface area contributed by atoms with Crippen LogP contribution in [0.5, 0.6) is 0 Å². The number of amidine groups is 2. The van der Waals surface area contributed by atoms with Gasteiger partial charge in [-0.2, -0.15) is 0 Å². The second kappa shape index (κ2) is 8.29. The van der Waals surface area contributed by atoms with Gasteiger partial charge in [0.1, 0.15) is 17.2 Å². The van der Waals surface area contributed by atoms with Gasteiger partial charge in [-0.3, -0.25) is 16.1 Å². The summed E-state index contributed by atoms with van der Waals surface area (Å²) in [5, 5.41) is 27.3. The maximum atomic E-state index is 8.71. The Balaban J connectivity index is 2.25. The zero-order valence-electron chi connectivity index (χ0n) is 17.9. The van der Waals surface area contributed by atoms with Gasteiger partial charge in [-0.25, -0.2) is 0 Å². The first-order chi connectivity index (χ1) is 13.4. The van der Waals surface area contributed by atoms with E-state index < -0.39 is 0 Å². The molecular formula is C22H33N5S. The topological polar surface area (TPSA) is 83.8 Å². The molecule has 2 aliphatic heterocycles. The van der Waals surface area contributed by atoms with Crippen molar-refractivity contribution in [1.82, 2.24) is 16.0 Å². The van der Waals surface area contributed by atoms with Gasteiger partial charge in [0.2, 0.25) is 0 Å². The molecule has 1 aromatic rings. The van der Waals surface area contributed by atoms with Crippen LogP contribution in [0.15, 0.2) is 4.91 Å². The average Bonchev–Trinajstić information content (AvgIpc) is 3.18. The summed E-state index contributed by atoms with van der Waals surface area (Å²) in [4.78, 5) is 0.907. The van der Waals surface area contributed by atoms with Crippen molar-refractivity contribution < 1.29 is 0 Å². The predicted molar refractivity (Wildman–Crippen MR) is 121 cm³/mol. The first kappa shape index (κ1) is 20.9. The van der Waals surface area contributed by atoms with Gasteiger partial charge in [0.05, 0.1) is 10.6 Å². The Hall–Kier alpha value is -1.79. The minimum Gasteiger partial charge on any atom is -0.345 e. The molecule has 2 heterocycles. The molecule has 5 N–H and O–H groups in total. The molecular weight excluding hydrogens is 366 g/mol. The summed E-state index contributed by atoms with van der Waals surface area (Å²) >= 11 is 1.64. The van der Waals surface area contributed by atoms with Gasteiger partial charge in [0, 0.05) is 17.2 Å². The molecule has 0 aromatic heterocycles. The fourth-order valence-electron chi connectivity index (χ4n) is 4.54. The van der Waals surface area contributed by atoms with Gasteiger partial charge in [-0.05, 0) is 61.8 Å². The van der Waals surface area contributed by atoms with Crippen LogP contribution in [0.3, 0.4) is 0 Å². The maximum Gasteiger partial charge on any atom is 0.136 e. The molecule has 28 heavy (non-hydrogen) atoms. The quantitative estimate of drug-likeness (QED) is 0.498. The lowest BCUT2D eigenvalue weighted by Gasteiger charge is -2.21. The Morgan fingerprint density at radius 2 is 1.39 bits per heavy atom. The highest BCUT2D eigenvalue weighted by atomic mass is 32.2. The molecule has 1 unspecified atom stereocenters. The van der Waals surface area contributed by atoms with Crippen molar-refractivity contribution in [2.75, 3.05) is 0 Å². The van der Waals surface area contributed by atoms with Crippen LogP contribution in [0.4, 0.5) is 0 Å². The molecule has 1 fully saturated rings. The molecule has 2 aliphatic rings. The first-order valence-corrected chi connectivity index (χ1v) is 11.3. The largest absolute Gasteiger partial charge is 0.345 e. The number of nitrogens with one attached hydrogen (secondary N) is 5. The van der Waals surface area contributed by atoms with Crippen molar-refractivity contribution in [1.29, 1.82) is 10.8 Å². The number of fused-ring (bicyclic) bond motifs is 1. The first-order valence-electron chi connectivity index (χ1n) is 10.5. The van der Waals surface area contributed by atoms with E-state index in [-0.39, 0.29) is 5.50 Å². The van der Waals surface area contributed by atoms with Crippen molar-refractivity contribution >= 4 is 29.1 Å². The van der Waals surface area contributed by atoms with Crippen molar-refractivity contribution in [3.63, 3.8) is 0 Å². The van der Waals surface area contributed by atoms with Gasteiger partial charge in [0.15, 0.2) is 0 Å². The Bertz CT molecular complexity index is 853. The summed E-state index contributed by atoms with van der Waals surface area (Å²) in [7, 11) is 0. The molecule has 1 saturated heterocycles. The fourth-order valence-corrected chi connectivity index (χ4v) is 5.74. The third-order valence-electron chi connectivity index (χ3n) is 5.56. The number of hydrogen-bond donors (Lipinski definition) is 5. The van der Waals surface area contributed by atoms with Crippen molar-refractivity contribution in [3.8, 4) is 0 Å². The van der Waals surface area contributed by atoms with Crippen LogP contribution in [-0.4, -0.2) is 23.2 Å². The van der Waals surface area contributed by atoms with E-state index in [1.807, 2.05) is 0 Å². The van der Waals surface area contributed by atoms with Crippen LogP contribution in [-0.2, 0) is 25.7 Å². The zero-order chi connectivity index (χ0) is 20.6. The highest BCUT2D eigenvalue weighted by Crippen LogP contribution is 2.42. The lowest BCUT2D eigenvalue weighted by molar-refractivity contribution is 0.550. The SMILES string of the molecule is CCc1c(CC)c(CC)c2c(c1CC)C(=N)NC2=C1SC(NC(C)C)NC1=N. The van der Waals surface area contributed by atoms with Crippen LogP contribution in [0.25, 0.3) is 5.70 Å². The Labute approximate surface area is 173 Å². The third kappa shape index (κ3) is 3.37. The van der Waals surface area contributed by atoms with Crippen LogP contribution >= 0.6 is 11.8 Å².